The number of amides is 1. The molecule has 0 fully saturated rings. The molecule has 0 aliphatic carbocycles. The van der Waals surface area contributed by atoms with Crippen LogP contribution in [0.4, 0.5) is 10.5 Å². The molecule has 2 rings (SSSR count). The summed E-state index contributed by atoms with van der Waals surface area (Å²) in [5, 5.41) is 2.74. The van der Waals surface area contributed by atoms with Crippen molar-refractivity contribution >= 4 is 11.8 Å². The number of nitrogens with zero attached hydrogens (tertiary/aromatic N) is 1. The number of imidazole rings is 1. The lowest BCUT2D eigenvalue weighted by molar-refractivity contribution is 0.0636. The lowest BCUT2D eigenvalue weighted by Gasteiger charge is -2.20. The zero-order valence-electron chi connectivity index (χ0n) is 11.2. The van der Waals surface area contributed by atoms with Crippen LogP contribution in [0.3, 0.4) is 0 Å². The van der Waals surface area contributed by atoms with Crippen LogP contribution < -0.4 is 5.32 Å². The molecule has 0 spiro atoms. The minimum Gasteiger partial charge on any atom is -0.444 e. The number of rotatable bonds is 2. The molecule has 0 saturated carbocycles. The van der Waals surface area contributed by atoms with E-state index in [9.17, 15) is 4.79 Å². The maximum atomic E-state index is 11.8. The molecule has 5 heteroatoms. The number of hydrogen-bond donors (Lipinski definition) is 2. The quantitative estimate of drug-likeness (QED) is 0.868. The van der Waals surface area contributed by atoms with E-state index in [4.69, 9.17) is 4.74 Å². The number of para-hydroxylation sites is 1. The monoisotopic (exact) mass is 259 g/mol. The summed E-state index contributed by atoms with van der Waals surface area (Å²) in [7, 11) is 0. The molecule has 0 radical (unpaired) electrons. The maximum absolute atomic E-state index is 11.8. The summed E-state index contributed by atoms with van der Waals surface area (Å²) in [4.78, 5) is 18.9. The van der Waals surface area contributed by atoms with Crippen molar-refractivity contribution in [1.29, 1.82) is 0 Å². The summed E-state index contributed by atoms with van der Waals surface area (Å²) in [6.07, 6.45) is 2.89. The molecule has 2 aromatic rings. The Hall–Kier alpha value is -2.30. The summed E-state index contributed by atoms with van der Waals surface area (Å²) >= 11 is 0. The Morgan fingerprint density at radius 1 is 1.32 bits per heavy atom. The van der Waals surface area contributed by atoms with Gasteiger partial charge in [0.05, 0.1) is 17.7 Å². The van der Waals surface area contributed by atoms with E-state index in [0.717, 1.165) is 11.3 Å². The predicted molar refractivity (Wildman–Crippen MR) is 73.9 cm³/mol. The molecule has 1 heterocycles. The van der Waals surface area contributed by atoms with Crippen LogP contribution >= 0.6 is 0 Å². The number of anilines is 1. The molecule has 0 bridgehead atoms. The normalized spacial score (nSPS) is 11.1. The topological polar surface area (TPSA) is 67.0 Å². The summed E-state index contributed by atoms with van der Waals surface area (Å²) in [6.45, 7) is 5.48. The minimum atomic E-state index is -0.522. The zero-order valence-corrected chi connectivity index (χ0v) is 11.2. The molecule has 1 aromatic heterocycles. The number of nitrogens with one attached hydrogen (secondary N) is 2. The second-order valence-electron chi connectivity index (χ2n) is 5.13. The first-order valence-corrected chi connectivity index (χ1v) is 6.04. The Morgan fingerprint density at radius 2 is 2.05 bits per heavy atom. The van der Waals surface area contributed by atoms with Crippen molar-refractivity contribution < 1.29 is 9.53 Å². The zero-order chi connectivity index (χ0) is 13.9. The van der Waals surface area contributed by atoms with Gasteiger partial charge in [-0.05, 0) is 26.8 Å². The summed E-state index contributed by atoms with van der Waals surface area (Å²) in [5.74, 6) is 0. The van der Waals surface area contributed by atoms with Gasteiger partial charge in [0.25, 0.3) is 0 Å². The van der Waals surface area contributed by atoms with E-state index in [1.807, 2.05) is 45.0 Å². The molecule has 0 aliphatic heterocycles. The van der Waals surface area contributed by atoms with E-state index in [2.05, 4.69) is 15.3 Å². The number of benzene rings is 1. The summed E-state index contributed by atoms with van der Waals surface area (Å²) in [6, 6.07) is 7.45. The number of aromatic nitrogens is 2. The Morgan fingerprint density at radius 3 is 2.68 bits per heavy atom. The van der Waals surface area contributed by atoms with Crippen LogP contribution in [0.1, 0.15) is 20.8 Å². The van der Waals surface area contributed by atoms with Crippen molar-refractivity contribution in [2.45, 2.75) is 26.4 Å². The molecule has 0 saturated heterocycles. The van der Waals surface area contributed by atoms with Gasteiger partial charge >= 0.3 is 6.09 Å². The van der Waals surface area contributed by atoms with Crippen LogP contribution in [-0.4, -0.2) is 21.7 Å². The second-order valence-corrected chi connectivity index (χ2v) is 5.13. The van der Waals surface area contributed by atoms with Gasteiger partial charge in [0.2, 0.25) is 0 Å². The minimum absolute atomic E-state index is 0.476. The average Bonchev–Trinajstić information content (AvgIpc) is 2.80. The van der Waals surface area contributed by atoms with Crippen molar-refractivity contribution in [1.82, 2.24) is 9.97 Å². The van der Waals surface area contributed by atoms with E-state index in [1.165, 1.54) is 0 Å². The average molecular weight is 259 g/mol. The molecule has 1 amide bonds. The van der Waals surface area contributed by atoms with Crippen molar-refractivity contribution in [3.63, 3.8) is 0 Å². The highest BCUT2D eigenvalue weighted by Gasteiger charge is 2.17. The summed E-state index contributed by atoms with van der Waals surface area (Å²) < 4.78 is 5.24. The highest BCUT2D eigenvalue weighted by Crippen LogP contribution is 2.26. The molecule has 5 nitrogen and oxygen atoms in total. The van der Waals surface area contributed by atoms with Gasteiger partial charge < -0.3 is 9.72 Å². The first-order chi connectivity index (χ1) is 8.96. The number of H-pyrrole nitrogens is 1. The van der Waals surface area contributed by atoms with Gasteiger partial charge in [-0.3, -0.25) is 5.32 Å². The maximum Gasteiger partial charge on any atom is 0.412 e. The Bertz CT molecular complexity index is 556. The number of aromatic amines is 1. The Balaban J connectivity index is 2.20. The van der Waals surface area contributed by atoms with Crippen LogP contribution in [0, 0.1) is 0 Å². The van der Waals surface area contributed by atoms with E-state index in [1.54, 1.807) is 12.5 Å². The molecule has 100 valence electrons. The van der Waals surface area contributed by atoms with E-state index in [0.29, 0.717) is 5.69 Å². The van der Waals surface area contributed by atoms with Crippen molar-refractivity contribution in [2.24, 2.45) is 0 Å². The fourth-order valence-corrected chi connectivity index (χ4v) is 1.64. The van der Waals surface area contributed by atoms with E-state index < -0.39 is 11.7 Å². The Labute approximate surface area is 112 Å². The largest absolute Gasteiger partial charge is 0.444 e. The smallest absolute Gasteiger partial charge is 0.412 e. The predicted octanol–water partition coefficient (Wildman–Crippen LogP) is 3.42. The first kappa shape index (κ1) is 13.1. The second kappa shape index (κ2) is 5.14. The van der Waals surface area contributed by atoms with Gasteiger partial charge in [-0.1, -0.05) is 18.2 Å². The van der Waals surface area contributed by atoms with Gasteiger partial charge in [0.1, 0.15) is 5.60 Å². The fourth-order valence-electron chi connectivity index (χ4n) is 1.64. The molecule has 0 unspecified atom stereocenters. The molecule has 2 N–H and O–H groups in total. The van der Waals surface area contributed by atoms with E-state index >= 15 is 0 Å². The number of hydrogen-bond acceptors (Lipinski definition) is 3. The molecular formula is C14H17N3O2. The van der Waals surface area contributed by atoms with Crippen LogP contribution in [-0.2, 0) is 4.74 Å². The Kier molecular flexibility index (Phi) is 3.55. The highest BCUT2D eigenvalue weighted by molar-refractivity contribution is 5.90. The van der Waals surface area contributed by atoms with Crippen LogP contribution in [0.25, 0.3) is 11.3 Å². The third kappa shape index (κ3) is 3.58. The third-order valence-corrected chi connectivity index (χ3v) is 2.34. The van der Waals surface area contributed by atoms with Crippen LogP contribution in [0.15, 0.2) is 36.8 Å². The summed E-state index contributed by atoms with van der Waals surface area (Å²) in [5.41, 5.74) is 1.76. The molecular weight excluding hydrogens is 242 g/mol. The lowest BCUT2D eigenvalue weighted by Crippen LogP contribution is -2.27. The van der Waals surface area contributed by atoms with Gasteiger partial charge in [-0.15, -0.1) is 0 Å². The number of carbonyl (C=O) groups excluding carboxylic acids is 1. The van der Waals surface area contributed by atoms with Gasteiger partial charge in [-0.25, -0.2) is 9.78 Å². The van der Waals surface area contributed by atoms with Crippen molar-refractivity contribution in [2.75, 3.05) is 5.32 Å². The van der Waals surface area contributed by atoms with Gasteiger partial charge in [0, 0.05) is 11.8 Å². The van der Waals surface area contributed by atoms with Crippen LogP contribution in [0.5, 0.6) is 0 Å². The highest BCUT2D eigenvalue weighted by atomic mass is 16.6. The fraction of sp³-hybridized carbons (Fsp3) is 0.286. The van der Waals surface area contributed by atoms with E-state index in [-0.39, 0.29) is 0 Å². The lowest BCUT2D eigenvalue weighted by atomic mass is 10.1. The molecule has 19 heavy (non-hydrogen) atoms. The van der Waals surface area contributed by atoms with Crippen molar-refractivity contribution in [3.8, 4) is 11.3 Å². The third-order valence-electron chi connectivity index (χ3n) is 2.34. The number of carbonyl (C=O) groups is 1. The number of ether oxygens (including phenoxy) is 1. The van der Waals surface area contributed by atoms with Crippen LogP contribution in [0.2, 0.25) is 0 Å². The standard InChI is InChI=1S/C14H17N3O2/c1-14(2,3)19-13(18)17-11-7-5-4-6-10(11)12-8-15-9-16-12/h4-9H,1-3H3,(H,15,16)(H,17,18). The first-order valence-electron chi connectivity index (χ1n) is 6.04. The molecule has 0 atom stereocenters. The van der Waals surface area contributed by atoms with Crippen molar-refractivity contribution in [3.05, 3.63) is 36.8 Å². The van der Waals surface area contributed by atoms with Gasteiger partial charge in [-0.2, -0.15) is 0 Å². The molecule has 1 aromatic carbocycles. The molecule has 0 aliphatic rings. The SMILES string of the molecule is CC(C)(C)OC(=O)Nc1ccccc1-c1c[nH]cn1. The van der Waals surface area contributed by atoms with Gasteiger partial charge in [0.15, 0.2) is 0 Å².